The Morgan fingerprint density at radius 3 is 2.80 bits per heavy atom. The second-order valence-electron chi connectivity index (χ2n) is 5.37. The van der Waals surface area contributed by atoms with Crippen molar-refractivity contribution < 1.29 is 4.74 Å². The molecule has 106 valence electrons. The average molecular weight is 335 g/mol. The maximum absolute atomic E-state index is 5.26. The molecule has 0 saturated carbocycles. The molecule has 20 heavy (non-hydrogen) atoms. The summed E-state index contributed by atoms with van der Waals surface area (Å²) < 4.78 is 6.32. The van der Waals surface area contributed by atoms with Crippen LogP contribution in [0.1, 0.15) is 12.8 Å². The van der Waals surface area contributed by atoms with Crippen LogP contribution in [-0.4, -0.2) is 31.8 Å². The average Bonchev–Trinajstić information content (AvgIpc) is 2.49. The maximum atomic E-state index is 5.26. The minimum atomic E-state index is 0.698. The Kier molecular flexibility index (Phi) is 4.22. The highest BCUT2D eigenvalue weighted by molar-refractivity contribution is 9.10. The summed E-state index contributed by atoms with van der Waals surface area (Å²) in [5.41, 5.74) is 1.05. The fourth-order valence-electron chi connectivity index (χ4n) is 2.84. The van der Waals surface area contributed by atoms with Crippen molar-refractivity contribution in [3.8, 4) is 0 Å². The van der Waals surface area contributed by atoms with Crippen molar-refractivity contribution in [1.82, 2.24) is 4.98 Å². The predicted molar refractivity (Wildman–Crippen MR) is 86.3 cm³/mol. The predicted octanol–water partition coefficient (Wildman–Crippen LogP) is 3.86. The Bertz CT molecular complexity index is 594. The molecular weight excluding hydrogens is 316 g/mol. The number of ether oxygens (including phenoxy) is 1. The lowest BCUT2D eigenvalue weighted by Gasteiger charge is -2.32. The Balaban J connectivity index is 1.79. The third kappa shape index (κ3) is 2.81. The minimum Gasteiger partial charge on any atom is -0.384 e. The monoisotopic (exact) mass is 334 g/mol. The van der Waals surface area contributed by atoms with Gasteiger partial charge < -0.3 is 9.64 Å². The van der Waals surface area contributed by atoms with Crippen molar-refractivity contribution in [1.29, 1.82) is 0 Å². The van der Waals surface area contributed by atoms with E-state index in [1.165, 1.54) is 18.2 Å². The molecule has 1 aliphatic rings. The van der Waals surface area contributed by atoms with Crippen LogP contribution in [0.3, 0.4) is 0 Å². The molecule has 0 bridgehead atoms. The van der Waals surface area contributed by atoms with Gasteiger partial charge in [0.2, 0.25) is 0 Å². The molecule has 2 aromatic rings. The molecule has 0 radical (unpaired) electrons. The number of aromatic nitrogens is 1. The largest absolute Gasteiger partial charge is 0.384 e. The van der Waals surface area contributed by atoms with E-state index in [4.69, 9.17) is 9.72 Å². The van der Waals surface area contributed by atoms with Crippen LogP contribution in [0, 0.1) is 5.92 Å². The van der Waals surface area contributed by atoms with Gasteiger partial charge in [-0.3, -0.25) is 0 Å². The van der Waals surface area contributed by atoms with Crippen LogP contribution in [0.15, 0.2) is 34.8 Å². The molecule has 0 aliphatic carbocycles. The van der Waals surface area contributed by atoms with Gasteiger partial charge in [0.05, 0.1) is 5.52 Å². The number of rotatable bonds is 3. The van der Waals surface area contributed by atoms with E-state index >= 15 is 0 Å². The van der Waals surface area contributed by atoms with Gasteiger partial charge in [0, 0.05) is 36.7 Å². The summed E-state index contributed by atoms with van der Waals surface area (Å²) in [4.78, 5) is 7.20. The molecule has 3 nitrogen and oxygen atoms in total. The number of nitrogens with zero attached hydrogens (tertiary/aromatic N) is 2. The summed E-state index contributed by atoms with van der Waals surface area (Å²) in [6.07, 6.45) is 2.37. The number of benzene rings is 1. The third-order valence-corrected chi connectivity index (χ3v) is 4.64. The Hall–Kier alpha value is -1.13. The van der Waals surface area contributed by atoms with Gasteiger partial charge in [0.25, 0.3) is 0 Å². The second-order valence-corrected chi connectivity index (χ2v) is 6.22. The van der Waals surface area contributed by atoms with Crippen LogP contribution in [0.5, 0.6) is 0 Å². The maximum Gasteiger partial charge on any atom is 0.129 e. The Morgan fingerprint density at radius 1 is 1.25 bits per heavy atom. The molecule has 2 heterocycles. The van der Waals surface area contributed by atoms with Gasteiger partial charge >= 0.3 is 0 Å². The van der Waals surface area contributed by atoms with E-state index in [0.29, 0.717) is 5.92 Å². The molecule has 0 N–H and O–H groups in total. The number of hydrogen-bond acceptors (Lipinski definition) is 3. The fourth-order valence-corrected chi connectivity index (χ4v) is 3.31. The Morgan fingerprint density at radius 2 is 2.05 bits per heavy atom. The zero-order chi connectivity index (χ0) is 13.9. The molecule has 1 aliphatic heterocycles. The van der Waals surface area contributed by atoms with Gasteiger partial charge in [0.1, 0.15) is 5.82 Å². The number of halogens is 1. The van der Waals surface area contributed by atoms with Gasteiger partial charge in [-0.25, -0.2) is 4.98 Å². The minimum absolute atomic E-state index is 0.698. The highest BCUT2D eigenvalue weighted by atomic mass is 79.9. The molecule has 0 amide bonds. The zero-order valence-corrected chi connectivity index (χ0v) is 13.3. The van der Waals surface area contributed by atoms with Crippen LogP contribution in [0.4, 0.5) is 5.82 Å². The van der Waals surface area contributed by atoms with E-state index in [1.54, 1.807) is 7.11 Å². The lowest BCUT2D eigenvalue weighted by atomic mass is 9.98. The van der Waals surface area contributed by atoms with Crippen LogP contribution >= 0.6 is 15.9 Å². The van der Waals surface area contributed by atoms with E-state index in [0.717, 1.165) is 35.5 Å². The first-order valence-corrected chi connectivity index (χ1v) is 7.86. The van der Waals surface area contributed by atoms with Crippen molar-refractivity contribution >= 4 is 32.7 Å². The van der Waals surface area contributed by atoms with Gasteiger partial charge in [-0.2, -0.15) is 0 Å². The van der Waals surface area contributed by atoms with Crippen LogP contribution in [0.25, 0.3) is 10.9 Å². The molecule has 1 saturated heterocycles. The van der Waals surface area contributed by atoms with Crippen molar-refractivity contribution in [2.24, 2.45) is 5.92 Å². The van der Waals surface area contributed by atoms with Crippen molar-refractivity contribution in [2.45, 2.75) is 12.8 Å². The molecule has 0 atom stereocenters. The SMILES string of the molecule is COCC1CCN(c2ccc3cccc(Br)c3n2)CC1. The number of methoxy groups -OCH3 is 1. The molecule has 4 heteroatoms. The summed E-state index contributed by atoms with van der Waals surface area (Å²) >= 11 is 3.59. The quantitative estimate of drug-likeness (QED) is 0.852. The molecule has 3 rings (SSSR count). The van der Waals surface area contributed by atoms with E-state index in [9.17, 15) is 0 Å². The Labute approximate surface area is 128 Å². The van der Waals surface area contributed by atoms with E-state index in [2.05, 4.69) is 39.0 Å². The number of para-hydroxylation sites is 1. The highest BCUT2D eigenvalue weighted by Crippen LogP contribution is 2.27. The summed E-state index contributed by atoms with van der Waals surface area (Å²) in [7, 11) is 1.79. The number of pyridine rings is 1. The lowest BCUT2D eigenvalue weighted by Crippen LogP contribution is -2.35. The summed E-state index contributed by atoms with van der Waals surface area (Å²) in [5.74, 6) is 1.78. The first kappa shape index (κ1) is 13.8. The first-order chi connectivity index (χ1) is 9.78. The zero-order valence-electron chi connectivity index (χ0n) is 11.7. The van der Waals surface area contributed by atoms with Crippen LogP contribution < -0.4 is 4.90 Å². The summed E-state index contributed by atoms with van der Waals surface area (Å²) in [6, 6.07) is 10.5. The third-order valence-electron chi connectivity index (χ3n) is 4.00. The molecule has 0 unspecified atom stereocenters. The molecule has 0 spiro atoms. The molecule has 1 aromatic heterocycles. The first-order valence-electron chi connectivity index (χ1n) is 7.07. The second kappa shape index (κ2) is 6.10. The van der Waals surface area contributed by atoms with Crippen LogP contribution in [0.2, 0.25) is 0 Å². The van der Waals surface area contributed by atoms with Gasteiger partial charge in [-0.15, -0.1) is 0 Å². The number of anilines is 1. The van der Waals surface area contributed by atoms with Gasteiger partial charge in [-0.1, -0.05) is 12.1 Å². The summed E-state index contributed by atoms with van der Waals surface area (Å²) in [6.45, 7) is 3.01. The smallest absolute Gasteiger partial charge is 0.129 e. The van der Waals surface area contributed by atoms with Gasteiger partial charge in [-0.05, 0) is 52.9 Å². The topological polar surface area (TPSA) is 25.4 Å². The molecular formula is C16H19BrN2O. The fraction of sp³-hybridized carbons (Fsp3) is 0.438. The van der Waals surface area contributed by atoms with Crippen molar-refractivity contribution in [3.63, 3.8) is 0 Å². The molecule has 1 fully saturated rings. The number of hydrogen-bond donors (Lipinski definition) is 0. The number of piperidine rings is 1. The lowest BCUT2D eigenvalue weighted by molar-refractivity contribution is 0.139. The van der Waals surface area contributed by atoms with Gasteiger partial charge in [0.15, 0.2) is 0 Å². The van der Waals surface area contributed by atoms with E-state index < -0.39 is 0 Å². The van der Waals surface area contributed by atoms with Crippen molar-refractivity contribution in [2.75, 3.05) is 31.7 Å². The van der Waals surface area contributed by atoms with Crippen LogP contribution in [-0.2, 0) is 4.74 Å². The highest BCUT2D eigenvalue weighted by Gasteiger charge is 2.20. The van der Waals surface area contributed by atoms with E-state index in [1.807, 2.05) is 12.1 Å². The standard InChI is InChI=1S/C16H19BrN2O/c1-20-11-12-7-9-19(10-8-12)15-6-5-13-3-2-4-14(17)16(13)18-15/h2-6,12H,7-11H2,1H3. The summed E-state index contributed by atoms with van der Waals surface area (Å²) in [5, 5.41) is 1.18. The van der Waals surface area contributed by atoms with E-state index in [-0.39, 0.29) is 0 Å². The molecule has 1 aromatic carbocycles. The number of fused-ring (bicyclic) bond motifs is 1. The van der Waals surface area contributed by atoms with Crippen molar-refractivity contribution in [3.05, 3.63) is 34.8 Å². The normalized spacial score (nSPS) is 16.8.